The highest BCUT2D eigenvalue weighted by molar-refractivity contribution is 7.98. The number of carbonyl (C=O) groups excluding carboxylic acids is 1. The van der Waals surface area contributed by atoms with E-state index in [4.69, 9.17) is 9.72 Å². The summed E-state index contributed by atoms with van der Waals surface area (Å²) in [6, 6.07) is 11.3. The average molecular weight is 483 g/mol. The lowest BCUT2D eigenvalue weighted by Crippen LogP contribution is -2.29. The van der Waals surface area contributed by atoms with Gasteiger partial charge in [0.1, 0.15) is 0 Å². The number of ether oxygens (including phenoxy) is 1. The molecule has 4 rings (SSSR count). The van der Waals surface area contributed by atoms with Crippen LogP contribution in [0.1, 0.15) is 42.1 Å². The number of nitrogens with one attached hydrogen (secondary N) is 1. The molecule has 9 nitrogen and oxygen atoms in total. The molecule has 0 radical (unpaired) electrons. The first-order chi connectivity index (χ1) is 16.5. The molecule has 34 heavy (non-hydrogen) atoms. The Morgan fingerprint density at radius 1 is 1.29 bits per heavy atom. The summed E-state index contributed by atoms with van der Waals surface area (Å²) in [4.78, 5) is 41.0. The standard InChI is InChI=1S/C24H26N4O5S/c1-2-11-25-22(29)17-7-10-20-21(13-17)26-24(27(23(20)30)14-19-4-3-12-33-19)34-15-16-5-8-18(9-6-16)28(31)32/h5-10,13,19H,2-4,11-12,14-15H2,1H3,(H,25,29)/t19-/m0/s1. The van der Waals surface area contributed by atoms with Crippen molar-refractivity contribution in [3.05, 3.63) is 74.1 Å². The van der Waals surface area contributed by atoms with Crippen molar-refractivity contribution in [1.29, 1.82) is 0 Å². The number of rotatable bonds is 9. The van der Waals surface area contributed by atoms with E-state index in [0.717, 1.165) is 24.8 Å². The third-order valence-electron chi connectivity index (χ3n) is 5.64. The van der Waals surface area contributed by atoms with Crippen molar-refractivity contribution in [3.63, 3.8) is 0 Å². The molecule has 0 aliphatic carbocycles. The highest BCUT2D eigenvalue weighted by atomic mass is 32.2. The van der Waals surface area contributed by atoms with E-state index in [0.29, 0.717) is 47.1 Å². The van der Waals surface area contributed by atoms with E-state index in [1.807, 2.05) is 6.92 Å². The molecule has 1 aromatic heterocycles. The number of amides is 1. The molecule has 2 heterocycles. The average Bonchev–Trinajstić information content (AvgIpc) is 3.36. The van der Waals surface area contributed by atoms with Gasteiger partial charge in [-0.3, -0.25) is 24.3 Å². The van der Waals surface area contributed by atoms with Crippen molar-refractivity contribution >= 4 is 34.3 Å². The Labute approximate surface area is 200 Å². The molecule has 1 saturated heterocycles. The molecule has 1 fully saturated rings. The second kappa shape index (κ2) is 10.8. The molecule has 2 aromatic carbocycles. The van der Waals surface area contributed by atoms with Gasteiger partial charge in [0.05, 0.1) is 28.5 Å². The number of hydrogen-bond acceptors (Lipinski definition) is 7. The summed E-state index contributed by atoms with van der Waals surface area (Å²) >= 11 is 1.38. The van der Waals surface area contributed by atoms with Gasteiger partial charge in [-0.05, 0) is 43.0 Å². The molecule has 0 unspecified atom stereocenters. The first kappa shape index (κ1) is 23.9. The third kappa shape index (κ3) is 5.45. The van der Waals surface area contributed by atoms with E-state index in [-0.39, 0.29) is 23.3 Å². The van der Waals surface area contributed by atoms with Crippen molar-refractivity contribution in [2.24, 2.45) is 0 Å². The predicted molar refractivity (Wildman–Crippen MR) is 130 cm³/mol. The summed E-state index contributed by atoms with van der Waals surface area (Å²) in [5.41, 5.74) is 1.65. The lowest BCUT2D eigenvalue weighted by Gasteiger charge is -2.17. The van der Waals surface area contributed by atoms with Crippen LogP contribution in [0, 0.1) is 10.1 Å². The van der Waals surface area contributed by atoms with Gasteiger partial charge < -0.3 is 10.1 Å². The maximum atomic E-state index is 13.4. The highest BCUT2D eigenvalue weighted by Gasteiger charge is 2.21. The topological polar surface area (TPSA) is 116 Å². The lowest BCUT2D eigenvalue weighted by molar-refractivity contribution is -0.384. The van der Waals surface area contributed by atoms with E-state index in [9.17, 15) is 19.7 Å². The summed E-state index contributed by atoms with van der Waals surface area (Å²) in [5.74, 6) is 0.284. The zero-order chi connectivity index (χ0) is 24.1. The normalized spacial score (nSPS) is 15.5. The van der Waals surface area contributed by atoms with Crippen molar-refractivity contribution in [2.75, 3.05) is 13.2 Å². The van der Waals surface area contributed by atoms with Gasteiger partial charge in [0, 0.05) is 36.6 Å². The smallest absolute Gasteiger partial charge is 0.269 e. The Morgan fingerprint density at radius 2 is 2.09 bits per heavy atom. The fourth-order valence-corrected chi connectivity index (χ4v) is 4.77. The minimum absolute atomic E-state index is 0.0294. The summed E-state index contributed by atoms with van der Waals surface area (Å²) in [6.45, 7) is 3.64. The summed E-state index contributed by atoms with van der Waals surface area (Å²) in [7, 11) is 0. The molecular weight excluding hydrogens is 456 g/mol. The SMILES string of the molecule is CCCNC(=O)c1ccc2c(=O)n(C[C@@H]3CCCO3)c(SCc3ccc([N+](=O)[O-])cc3)nc2c1. The number of carbonyl (C=O) groups is 1. The molecule has 1 atom stereocenters. The van der Waals surface area contributed by atoms with Crippen LogP contribution in [0.3, 0.4) is 0 Å². The molecule has 1 aliphatic rings. The maximum absolute atomic E-state index is 13.4. The van der Waals surface area contributed by atoms with Gasteiger partial charge in [0.15, 0.2) is 5.16 Å². The molecule has 178 valence electrons. The van der Waals surface area contributed by atoms with Crippen molar-refractivity contribution in [2.45, 2.75) is 49.7 Å². The Morgan fingerprint density at radius 3 is 2.76 bits per heavy atom. The minimum atomic E-state index is -0.435. The van der Waals surface area contributed by atoms with Crippen LogP contribution in [0.25, 0.3) is 10.9 Å². The molecule has 10 heteroatoms. The molecular formula is C24H26N4O5S. The van der Waals surface area contributed by atoms with Crippen molar-refractivity contribution < 1.29 is 14.5 Å². The van der Waals surface area contributed by atoms with Gasteiger partial charge in [0.2, 0.25) is 0 Å². The van der Waals surface area contributed by atoms with Crippen molar-refractivity contribution in [3.8, 4) is 0 Å². The molecule has 1 aliphatic heterocycles. The van der Waals surface area contributed by atoms with E-state index >= 15 is 0 Å². The molecule has 3 aromatic rings. The lowest BCUT2D eigenvalue weighted by atomic mass is 10.1. The Balaban J connectivity index is 1.67. The number of nitro groups is 1. The number of benzene rings is 2. The predicted octanol–water partition coefficient (Wildman–Crippen LogP) is 3.92. The first-order valence-electron chi connectivity index (χ1n) is 11.3. The minimum Gasteiger partial charge on any atom is -0.376 e. The van der Waals surface area contributed by atoms with Gasteiger partial charge in [-0.25, -0.2) is 4.98 Å². The van der Waals surface area contributed by atoms with Crippen molar-refractivity contribution in [1.82, 2.24) is 14.9 Å². The van der Waals surface area contributed by atoms with Gasteiger partial charge >= 0.3 is 0 Å². The van der Waals surface area contributed by atoms with Gasteiger partial charge in [-0.2, -0.15) is 0 Å². The van der Waals surface area contributed by atoms with Crippen LogP contribution in [0.4, 0.5) is 5.69 Å². The number of non-ortho nitro benzene ring substituents is 1. The zero-order valence-electron chi connectivity index (χ0n) is 18.9. The fourth-order valence-electron chi connectivity index (χ4n) is 3.81. The third-order valence-corrected chi connectivity index (χ3v) is 6.69. The molecule has 1 amide bonds. The number of nitro benzene ring substituents is 1. The second-order valence-corrected chi connectivity index (χ2v) is 9.09. The van der Waals surface area contributed by atoms with Crippen LogP contribution in [0.2, 0.25) is 0 Å². The van der Waals surface area contributed by atoms with Gasteiger partial charge in [-0.15, -0.1) is 0 Å². The molecule has 1 N–H and O–H groups in total. The van der Waals surface area contributed by atoms with Crippen LogP contribution >= 0.6 is 11.8 Å². The second-order valence-electron chi connectivity index (χ2n) is 8.15. The number of aromatic nitrogens is 2. The van der Waals surface area contributed by atoms with Gasteiger partial charge in [0.25, 0.3) is 17.2 Å². The van der Waals surface area contributed by atoms with E-state index in [2.05, 4.69) is 5.32 Å². The largest absolute Gasteiger partial charge is 0.376 e. The molecule has 0 spiro atoms. The highest BCUT2D eigenvalue weighted by Crippen LogP contribution is 2.25. The van der Waals surface area contributed by atoms with Gasteiger partial charge in [-0.1, -0.05) is 30.8 Å². The summed E-state index contributed by atoms with van der Waals surface area (Å²) < 4.78 is 7.40. The monoisotopic (exact) mass is 482 g/mol. The molecule has 0 saturated carbocycles. The van der Waals surface area contributed by atoms with E-state index in [1.54, 1.807) is 34.9 Å². The van der Waals surface area contributed by atoms with E-state index in [1.165, 1.54) is 23.9 Å². The quantitative estimate of drug-likeness (QED) is 0.213. The maximum Gasteiger partial charge on any atom is 0.269 e. The van der Waals surface area contributed by atoms with Crippen LogP contribution in [-0.4, -0.2) is 39.6 Å². The summed E-state index contributed by atoms with van der Waals surface area (Å²) in [5, 5.41) is 14.7. The number of thioether (sulfide) groups is 1. The number of fused-ring (bicyclic) bond motifs is 1. The van der Waals surface area contributed by atoms with Crippen LogP contribution < -0.4 is 10.9 Å². The molecule has 0 bridgehead atoms. The Hall–Kier alpha value is -3.24. The van der Waals surface area contributed by atoms with E-state index < -0.39 is 4.92 Å². The van der Waals surface area contributed by atoms with Crippen LogP contribution in [-0.2, 0) is 17.0 Å². The Kier molecular flexibility index (Phi) is 7.59. The zero-order valence-corrected chi connectivity index (χ0v) is 19.7. The Bertz CT molecular complexity index is 1250. The number of nitrogens with zero attached hydrogens (tertiary/aromatic N) is 3. The van der Waals surface area contributed by atoms with Crippen LogP contribution in [0.15, 0.2) is 52.4 Å². The number of hydrogen-bond donors (Lipinski definition) is 1. The van der Waals surface area contributed by atoms with Crippen LogP contribution in [0.5, 0.6) is 0 Å². The first-order valence-corrected chi connectivity index (χ1v) is 12.3. The fraction of sp³-hybridized carbons (Fsp3) is 0.375. The summed E-state index contributed by atoms with van der Waals surface area (Å²) in [6.07, 6.45) is 2.62.